The molecule has 0 spiro atoms. The average molecular weight is 244 g/mol. The topological polar surface area (TPSA) is 18.5 Å². The lowest BCUT2D eigenvalue weighted by atomic mass is 9.98. The standard InChI is InChI=1S/C16H20O2/c1-14(18-16-10-6-3-7-11-16)17-13-12-15-8-4-2-5-9-15/h2-8,10-11,14-15H,9,12-13H2,1H3. The summed E-state index contributed by atoms with van der Waals surface area (Å²) in [5.74, 6) is 1.46. The molecule has 96 valence electrons. The minimum atomic E-state index is -0.199. The Morgan fingerprint density at radius 2 is 2.06 bits per heavy atom. The van der Waals surface area contributed by atoms with Gasteiger partial charge in [-0.3, -0.25) is 0 Å². The van der Waals surface area contributed by atoms with Crippen molar-refractivity contribution in [2.75, 3.05) is 6.61 Å². The van der Waals surface area contributed by atoms with Crippen LogP contribution in [0.3, 0.4) is 0 Å². The number of ether oxygens (including phenoxy) is 2. The molecule has 0 amide bonds. The number of benzene rings is 1. The zero-order valence-corrected chi connectivity index (χ0v) is 10.8. The smallest absolute Gasteiger partial charge is 0.196 e. The summed E-state index contributed by atoms with van der Waals surface area (Å²) in [6.07, 6.45) is 10.6. The van der Waals surface area contributed by atoms with E-state index >= 15 is 0 Å². The number of allylic oxidation sites excluding steroid dienone is 4. The van der Waals surface area contributed by atoms with E-state index in [1.165, 1.54) is 0 Å². The fourth-order valence-corrected chi connectivity index (χ4v) is 1.96. The van der Waals surface area contributed by atoms with Gasteiger partial charge in [-0.05, 0) is 37.8 Å². The first-order valence-corrected chi connectivity index (χ1v) is 6.51. The molecule has 1 aliphatic rings. The van der Waals surface area contributed by atoms with Crippen molar-refractivity contribution < 1.29 is 9.47 Å². The molecule has 0 aliphatic heterocycles. The van der Waals surface area contributed by atoms with Crippen LogP contribution in [0, 0.1) is 5.92 Å². The van der Waals surface area contributed by atoms with Crippen molar-refractivity contribution in [2.45, 2.75) is 26.1 Å². The van der Waals surface area contributed by atoms with Crippen molar-refractivity contribution in [2.24, 2.45) is 5.92 Å². The third-order valence-corrected chi connectivity index (χ3v) is 2.96. The molecule has 0 N–H and O–H groups in total. The Labute approximate surface area is 109 Å². The molecule has 0 radical (unpaired) electrons. The van der Waals surface area contributed by atoms with Crippen LogP contribution in [-0.4, -0.2) is 12.9 Å². The van der Waals surface area contributed by atoms with Crippen LogP contribution in [0.5, 0.6) is 5.75 Å². The molecule has 2 heteroatoms. The number of hydrogen-bond donors (Lipinski definition) is 0. The Bertz CT molecular complexity index is 395. The van der Waals surface area contributed by atoms with Gasteiger partial charge >= 0.3 is 0 Å². The van der Waals surface area contributed by atoms with Crippen molar-refractivity contribution in [1.82, 2.24) is 0 Å². The summed E-state index contributed by atoms with van der Waals surface area (Å²) in [6, 6.07) is 9.77. The maximum absolute atomic E-state index is 5.67. The Hall–Kier alpha value is -1.54. The van der Waals surface area contributed by atoms with E-state index in [1.54, 1.807) is 0 Å². The summed E-state index contributed by atoms with van der Waals surface area (Å²) in [7, 11) is 0. The highest BCUT2D eigenvalue weighted by molar-refractivity contribution is 5.20. The van der Waals surface area contributed by atoms with Gasteiger partial charge in [0.2, 0.25) is 0 Å². The summed E-state index contributed by atoms with van der Waals surface area (Å²) in [5.41, 5.74) is 0. The number of rotatable bonds is 6. The third-order valence-electron chi connectivity index (χ3n) is 2.96. The maximum atomic E-state index is 5.67. The molecule has 0 saturated heterocycles. The molecule has 1 aromatic rings. The molecule has 1 aromatic carbocycles. The molecular formula is C16H20O2. The molecule has 0 fully saturated rings. The van der Waals surface area contributed by atoms with Gasteiger partial charge in [0, 0.05) is 0 Å². The highest BCUT2D eigenvalue weighted by atomic mass is 16.7. The Morgan fingerprint density at radius 3 is 2.78 bits per heavy atom. The van der Waals surface area contributed by atoms with E-state index in [0.717, 1.165) is 25.2 Å². The highest BCUT2D eigenvalue weighted by Crippen LogP contribution is 2.16. The predicted molar refractivity (Wildman–Crippen MR) is 73.5 cm³/mol. The molecule has 2 rings (SSSR count). The van der Waals surface area contributed by atoms with Crippen LogP contribution in [0.25, 0.3) is 0 Å². The Kier molecular flexibility index (Phi) is 5.03. The summed E-state index contributed by atoms with van der Waals surface area (Å²) in [6.45, 7) is 2.67. The van der Waals surface area contributed by atoms with Gasteiger partial charge in [0.1, 0.15) is 5.75 Å². The molecule has 2 nitrogen and oxygen atoms in total. The quantitative estimate of drug-likeness (QED) is 0.705. The molecule has 0 saturated carbocycles. The van der Waals surface area contributed by atoms with Crippen LogP contribution >= 0.6 is 0 Å². The minimum absolute atomic E-state index is 0.199. The van der Waals surface area contributed by atoms with Crippen LogP contribution in [0.15, 0.2) is 54.6 Å². The Balaban J connectivity index is 1.64. The lowest BCUT2D eigenvalue weighted by Crippen LogP contribution is -2.18. The second-order valence-corrected chi connectivity index (χ2v) is 4.47. The fraction of sp³-hybridized carbons (Fsp3) is 0.375. The van der Waals surface area contributed by atoms with E-state index in [2.05, 4.69) is 24.3 Å². The molecule has 2 unspecified atom stereocenters. The van der Waals surface area contributed by atoms with Crippen molar-refractivity contribution in [3.05, 3.63) is 54.6 Å². The third kappa shape index (κ3) is 4.38. The van der Waals surface area contributed by atoms with E-state index in [4.69, 9.17) is 9.47 Å². The first kappa shape index (κ1) is 12.9. The van der Waals surface area contributed by atoms with Crippen LogP contribution in [0.4, 0.5) is 0 Å². The summed E-state index contributed by atoms with van der Waals surface area (Å²) in [4.78, 5) is 0. The molecule has 18 heavy (non-hydrogen) atoms. The van der Waals surface area contributed by atoms with Crippen LogP contribution in [0.2, 0.25) is 0 Å². The van der Waals surface area contributed by atoms with Crippen LogP contribution in [0.1, 0.15) is 19.8 Å². The van der Waals surface area contributed by atoms with E-state index in [0.29, 0.717) is 5.92 Å². The van der Waals surface area contributed by atoms with Gasteiger partial charge in [0.25, 0.3) is 0 Å². The highest BCUT2D eigenvalue weighted by Gasteiger charge is 2.08. The van der Waals surface area contributed by atoms with E-state index < -0.39 is 0 Å². The van der Waals surface area contributed by atoms with Gasteiger partial charge in [-0.25, -0.2) is 0 Å². The van der Waals surface area contributed by atoms with Crippen LogP contribution < -0.4 is 4.74 Å². The zero-order chi connectivity index (χ0) is 12.6. The normalized spacial score (nSPS) is 19.7. The number of para-hydroxylation sites is 1. The minimum Gasteiger partial charge on any atom is -0.465 e. The van der Waals surface area contributed by atoms with Crippen molar-refractivity contribution >= 4 is 0 Å². The second kappa shape index (κ2) is 7.02. The summed E-state index contributed by atoms with van der Waals surface area (Å²) in [5, 5.41) is 0. The SMILES string of the molecule is CC(OCCC1C=CC=CC1)Oc1ccccc1. The van der Waals surface area contributed by atoms with E-state index in [-0.39, 0.29) is 6.29 Å². The van der Waals surface area contributed by atoms with Gasteiger partial charge in [-0.1, -0.05) is 42.5 Å². The molecular weight excluding hydrogens is 224 g/mol. The lowest BCUT2D eigenvalue weighted by molar-refractivity contribution is -0.0692. The summed E-state index contributed by atoms with van der Waals surface area (Å²) >= 11 is 0. The van der Waals surface area contributed by atoms with Crippen molar-refractivity contribution in [1.29, 1.82) is 0 Å². The maximum Gasteiger partial charge on any atom is 0.196 e. The van der Waals surface area contributed by atoms with Gasteiger partial charge in [-0.2, -0.15) is 0 Å². The number of hydrogen-bond acceptors (Lipinski definition) is 2. The van der Waals surface area contributed by atoms with E-state index in [9.17, 15) is 0 Å². The molecule has 0 bridgehead atoms. The van der Waals surface area contributed by atoms with Gasteiger partial charge in [0.05, 0.1) is 6.61 Å². The molecule has 1 aliphatic carbocycles. The monoisotopic (exact) mass is 244 g/mol. The van der Waals surface area contributed by atoms with Gasteiger partial charge in [-0.15, -0.1) is 0 Å². The van der Waals surface area contributed by atoms with Gasteiger partial charge in [0.15, 0.2) is 6.29 Å². The predicted octanol–water partition coefficient (Wildman–Crippen LogP) is 3.95. The van der Waals surface area contributed by atoms with Crippen molar-refractivity contribution in [3.63, 3.8) is 0 Å². The largest absolute Gasteiger partial charge is 0.465 e. The molecule has 0 aromatic heterocycles. The van der Waals surface area contributed by atoms with E-state index in [1.807, 2.05) is 37.3 Å². The van der Waals surface area contributed by atoms with Gasteiger partial charge < -0.3 is 9.47 Å². The van der Waals surface area contributed by atoms with Crippen molar-refractivity contribution in [3.8, 4) is 5.75 Å². The first-order chi connectivity index (χ1) is 8.84. The molecule has 0 heterocycles. The fourth-order valence-electron chi connectivity index (χ4n) is 1.96. The second-order valence-electron chi connectivity index (χ2n) is 4.47. The first-order valence-electron chi connectivity index (χ1n) is 6.51. The Morgan fingerprint density at radius 1 is 1.22 bits per heavy atom. The molecule has 2 atom stereocenters. The average Bonchev–Trinajstić information content (AvgIpc) is 2.41. The summed E-state index contributed by atoms with van der Waals surface area (Å²) < 4.78 is 11.3. The van der Waals surface area contributed by atoms with Crippen LogP contribution in [-0.2, 0) is 4.74 Å². The lowest BCUT2D eigenvalue weighted by Gasteiger charge is -2.17. The zero-order valence-electron chi connectivity index (χ0n) is 10.8.